The zero-order valence-electron chi connectivity index (χ0n) is 10.5. The predicted octanol–water partition coefficient (Wildman–Crippen LogP) is 3.12. The molecule has 0 aliphatic heterocycles. The van der Waals surface area contributed by atoms with Gasteiger partial charge in [0.2, 0.25) is 0 Å². The summed E-state index contributed by atoms with van der Waals surface area (Å²) in [4.78, 5) is 12.1. The Labute approximate surface area is 103 Å². The maximum Gasteiger partial charge on any atom is 0.167 e. The number of hydrogen-bond donors (Lipinski definition) is 1. The molecule has 1 atom stereocenters. The van der Waals surface area contributed by atoms with Crippen LogP contribution in [0.25, 0.3) is 0 Å². The monoisotopic (exact) mass is 231 g/mol. The molecule has 2 heteroatoms. The van der Waals surface area contributed by atoms with E-state index < -0.39 is 0 Å². The Balaban J connectivity index is 2.08. The third-order valence-corrected chi connectivity index (χ3v) is 3.92. The lowest BCUT2D eigenvalue weighted by Crippen LogP contribution is -2.23. The highest BCUT2D eigenvalue weighted by molar-refractivity contribution is 5.98. The molecule has 2 N–H and O–H groups in total. The predicted molar refractivity (Wildman–Crippen MR) is 70.2 cm³/mol. The zero-order chi connectivity index (χ0) is 12.3. The first-order valence-corrected chi connectivity index (χ1v) is 6.60. The molecule has 2 nitrogen and oxygen atoms in total. The van der Waals surface area contributed by atoms with Gasteiger partial charge in [-0.2, -0.15) is 0 Å². The van der Waals surface area contributed by atoms with E-state index in [1.54, 1.807) is 0 Å². The second-order valence-electron chi connectivity index (χ2n) is 4.95. The van der Waals surface area contributed by atoms with E-state index in [0.717, 1.165) is 17.9 Å². The summed E-state index contributed by atoms with van der Waals surface area (Å²) in [5.41, 5.74) is 7.80. The molecule has 1 unspecified atom stereocenters. The van der Waals surface area contributed by atoms with Gasteiger partial charge in [-0.05, 0) is 30.7 Å². The molecular weight excluding hydrogens is 210 g/mol. The molecule has 0 bridgehead atoms. The second kappa shape index (κ2) is 5.46. The fourth-order valence-electron chi connectivity index (χ4n) is 2.36. The highest BCUT2D eigenvalue weighted by atomic mass is 16.1. The molecule has 0 saturated heterocycles. The molecule has 1 aromatic carbocycles. The quantitative estimate of drug-likeness (QED) is 0.791. The van der Waals surface area contributed by atoms with E-state index >= 15 is 0 Å². The maximum absolute atomic E-state index is 12.1. The number of Topliss-reactive ketones (excluding diaryl/α,β-unsaturated/α-hetero) is 1. The highest BCUT2D eigenvalue weighted by Gasteiger charge is 2.20. The Morgan fingerprint density at radius 3 is 2.41 bits per heavy atom. The lowest BCUT2D eigenvalue weighted by molar-refractivity contribution is 0.0921. The Kier molecular flexibility index (Phi) is 3.95. The fraction of sp³-hybridized carbons (Fsp3) is 0.533. The summed E-state index contributed by atoms with van der Waals surface area (Å²) in [5, 5.41) is 0. The van der Waals surface area contributed by atoms with Gasteiger partial charge in [0.05, 0.1) is 0 Å². The standard InChI is InChI=1S/C15H21NO/c1-2-11(10-16)15(17)14-8-6-13(7-9-14)12-4-3-5-12/h6-9,11-12H,2-5,10,16H2,1H3. The second-order valence-corrected chi connectivity index (χ2v) is 4.95. The minimum absolute atomic E-state index is 0.0236. The van der Waals surface area contributed by atoms with E-state index in [2.05, 4.69) is 12.1 Å². The van der Waals surface area contributed by atoms with Gasteiger partial charge in [-0.25, -0.2) is 0 Å². The van der Waals surface area contributed by atoms with Crippen LogP contribution in [0.15, 0.2) is 24.3 Å². The first-order chi connectivity index (χ1) is 8.26. The molecule has 0 amide bonds. The molecule has 1 aliphatic rings. The Hall–Kier alpha value is -1.15. The van der Waals surface area contributed by atoms with E-state index in [1.165, 1.54) is 24.8 Å². The van der Waals surface area contributed by atoms with Gasteiger partial charge in [0.25, 0.3) is 0 Å². The molecular formula is C15H21NO. The van der Waals surface area contributed by atoms with Crippen LogP contribution in [-0.4, -0.2) is 12.3 Å². The molecule has 1 saturated carbocycles. The van der Waals surface area contributed by atoms with Gasteiger partial charge >= 0.3 is 0 Å². The Bertz CT molecular complexity index is 374. The average Bonchev–Trinajstić information content (AvgIpc) is 2.29. The number of rotatable bonds is 5. The molecule has 1 fully saturated rings. The maximum atomic E-state index is 12.1. The highest BCUT2D eigenvalue weighted by Crippen LogP contribution is 2.36. The minimum atomic E-state index is -0.0236. The van der Waals surface area contributed by atoms with Crippen molar-refractivity contribution in [3.8, 4) is 0 Å². The summed E-state index contributed by atoms with van der Waals surface area (Å²) in [6.45, 7) is 2.46. The van der Waals surface area contributed by atoms with Crippen molar-refractivity contribution in [1.82, 2.24) is 0 Å². The minimum Gasteiger partial charge on any atom is -0.330 e. The van der Waals surface area contributed by atoms with Crippen LogP contribution in [0.5, 0.6) is 0 Å². The van der Waals surface area contributed by atoms with Crippen molar-refractivity contribution in [3.05, 3.63) is 35.4 Å². The summed E-state index contributed by atoms with van der Waals surface area (Å²) in [6, 6.07) is 8.16. The molecule has 2 rings (SSSR count). The van der Waals surface area contributed by atoms with Crippen LogP contribution in [0.1, 0.15) is 54.4 Å². The molecule has 1 aromatic rings. The molecule has 17 heavy (non-hydrogen) atoms. The van der Waals surface area contributed by atoms with E-state index in [9.17, 15) is 4.79 Å². The van der Waals surface area contributed by atoms with Crippen LogP contribution >= 0.6 is 0 Å². The normalized spacial score (nSPS) is 17.5. The van der Waals surface area contributed by atoms with Gasteiger partial charge in [-0.15, -0.1) is 0 Å². The SMILES string of the molecule is CCC(CN)C(=O)c1ccc(C2CCC2)cc1. The molecule has 1 aliphatic carbocycles. The van der Waals surface area contributed by atoms with Crippen LogP contribution < -0.4 is 5.73 Å². The summed E-state index contributed by atoms with van der Waals surface area (Å²) in [5.74, 6) is 0.898. The summed E-state index contributed by atoms with van der Waals surface area (Å²) in [7, 11) is 0. The van der Waals surface area contributed by atoms with Gasteiger partial charge in [0.15, 0.2) is 5.78 Å². The average molecular weight is 231 g/mol. The van der Waals surface area contributed by atoms with Crippen LogP contribution in [0.2, 0.25) is 0 Å². The van der Waals surface area contributed by atoms with Crippen LogP contribution in [0.4, 0.5) is 0 Å². The first-order valence-electron chi connectivity index (χ1n) is 6.60. The fourth-order valence-corrected chi connectivity index (χ4v) is 2.36. The number of carbonyl (C=O) groups is 1. The molecule has 0 heterocycles. The third kappa shape index (κ3) is 2.58. The van der Waals surface area contributed by atoms with Gasteiger partial charge in [-0.1, -0.05) is 37.6 Å². The lowest BCUT2D eigenvalue weighted by Gasteiger charge is -2.25. The van der Waals surface area contributed by atoms with Crippen LogP contribution in [0.3, 0.4) is 0 Å². The zero-order valence-corrected chi connectivity index (χ0v) is 10.5. The number of nitrogens with two attached hydrogens (primary N) is 1. The summed E-state index contributed by atoms with van der Waals surface area (Å²) in [6.07, 6.45) is 4.76. The summed E-state index contributed by atoms with van der Waals surface area (Å²) >= 11 is 0. The molecule has 92 valence electrons. The molecule has 0 spiro atoms. The number of benzene rings is 1. The number of hydrogen-bond acceptors (Lipinski definition) is 2. The largest absolute Gasteiger partial charge is 0.330 e. The van der Waals surface area contributed by atoms with Gasteiger partial charge in [0.1, 0.15) is 0 Å². The van der Waals surface area contributed by atoms with Gasteiger partial charge in [-0.3, -0.25) is 4.79 Å². The van der Waals surface area contributed by atoms with E-state index in [1.807, 2.05) is 19.1 Å². The molecule has 0 radical (unpaired) electrons. The van der Waals surface area contributed by atoms with E-state index in [-0.39, 0.29) is 11.7 Å². The number of ketones is 1. The third-order valence-electron chi connectivity index (χ3n) is 3.92. The topological polar surface area (TPSA) is 43.1 Å². The van der Waals surface area contributed by atoms with Crippen molar-refractivity contribution >= 4 is 5.78 Å². The van der Waals surface area contributed by atoms with Crippen LogP contribution in [0, 0.1) is 5.92 Å². The van der Waals surface area contributed by atoms with E-state index in [0.29, 0.717) is 6.54 Å². The van der Waals surface area contributed by atoms with Crippen molar-refractivity contribution in [3.63, 3.8) is 0 Å². The van der Waals surface area contributed by atoms with Crippen molar-refractivity contribution in [1.29, 1.82) is 0 Å². The van der Waals surface area contributed by atoms with Crippen molar-refractivity contribution in [2.75, 3.05) is 6.54 Å². The van der Waals surface area contributed by atoms with Gasteiger partial charge < -0.3 is 5.73 Å². The smallest absolute Gasteiger partial charge is 0.167 e. The van der Waals surface area contributed by atoms with Gasteiger partial charge in [0, 0.05) is 18.0 Å². The first kappa shape index (κ1) is 12.3. The van der Waals surface area contributed by atoms with Crippen LogP contribution in [-0.2, 0) is 0 Å². The summed E-state index contributed by atoms with van der Waals surface area (Å²) < 4.78 is 0. The number of carbonyl (C=O) groups excluding carboxylic acids is 1. The Morgan fingerprint density at radius 1 is 1.35 bits per heavy atom. The molecule has 0 aromatic heterocycles. The lowest BCUT2D eigenvalue weighted by atomic mass is 9.79. The van der Waals surface area contributed by atoms with Crippen molar-refractivity contribution in [2.45, 2.75) is 38.5 Å². The van der Waals surface area contributed by atoms with E-state index in [4.69, 9.17) is 5.73 Å². The van der Waals surface area contributed by atoms with Crippen molar-refractivity contribution < 1.29 is 4.79 Å². The van der Waals surface area contributed by atoms with Crippen molar-refractivity contribution in [2.24, 2.45) is 11.7 Å². The Morgan fingerprint density at radius 2 is 2.00 bits per heavy atom.